The zero-order chi connectivity index (χ0) is 23.0. The summed E-state index contributed by atoms with van der Waals surface area (Å²) in [6.07, 6.45) is -0.0199. The lowest BCUT2D eigenvalue weighted by Gasteiger charge is -2.33. The van der Waals surface area contributed by atoms with Crippen molar-refractivity contribution in [1.29, 1.82) is 0 Å². The number of hydrogen-bond acceptors (Lipinski definition) is 4. The molecule has 3 aromatic rings. The molecule has 32 heavy (non-hydrogen) atoms. The molecule has 0 amide bonds. The third-order valence-corrected chi connectivity index (χ3v) is 6.48. The smallest absolute Gasteiger partial charge is 0.195 e. The van der Waals surface area contributed by atoms with Gasteiger partial charge in [0.1, 0.15) is 6.61 Å². The number of para-hydroxylation sites is 1. The molecular weight excluding hydrogens is 400 g/mol. The van der Waals surface area contributed by atoms with Gasteiger partial charge in [-0.1, -0.05) is 45.9 Å². The summed E-state index contributed by atoms with van der Waals surface area (Å²) >= 11 is 0. The van der Waals surface area contributed by atoms with Crippen LogP contribution in [0.5, 0.6) is 11.5 Å². The molecule has 0 bridgehead atoms. The van der Waals surface area contributed by atoms with Gasteiger partial charge in [-0.3, -0.25) is 4.79 Å². The first-order valence-corrected chi connectivity index (χ1v) is 11.6. The predicted octanol–water partition coefficient (Wildman–Crippen LogP) is 5.55. The number of H-pyrrole nitrogens is 1. The number of hydrogen-bond donors (Lipinski definition) is 1. The Kier molecular flexibility index (Phi) is 6.04. The highest BCUT2D eigenvalue weighted by molar-refractivity contribution is 6.20. The van der Waals surface area contributed by atoms with E-state index in [1.165, 1.54) is 0 Å². The molecule has 0 radical (unpaired) electrons. The van der Waals surface area contributed by atoms with Crippen LogP contribution in [-0.4, -0.2) is 48.0 Å². The molecule has 0 saturated heterocycles. The van der Waals surface area contributed by atoms with Gasteiger partial charge in [0.25, 0.3) is 0 Å². The van der Waals surface area contributed by atoms with E-state index in [2.05, 4.69) is 37.6 Å². The van der Waals surface area contributed by atoms with Crippen LogP contribution in [0.1, 0.15) is 68.7 Å². The normalized spacial score (nSPS) is 14.7. The van der Waals surface area contributed by atoms with Crippen LogP contribution in [-0.2, 0) is 5.41 Å². The van der Waals surface area contributed by atoms with Gasteiger partial charge in [-0.05, 0) is 50.7 Å². The minimum atomic E-state index is -0.370. The van der Waals surface area contributed by atoms with Crippen molar-refractivity contribution in [2.45, 2.75) is 53.1 Å². The number of nitrogens with one attached hydrogen (secondary N) is 1. The third-order valence-electron chi connectivity index (χ3n) is 6.48. The number of rotatable bonds is 8. The molecule has 0 spiro atoms. The second kappa shape index (κ2) is 8.62. The summed E-state index contributed by atoms with van der Waals surface area (Å²) in [5.74, 6) is 1.37. The summed E-state index contributed by atoms with van der Waals surface area (Å²) < 4.78 is 12.3. The number of ether oxygens (including phenoxy) is 2. The van der Waals surface area contributed by atoms with E-state index >= 15 is 0 Å². The fourth-order valence-electron chi connectivity index (χ4n) is 4.66. The van der Waals surface area contributed by atoms with Crippen molar-refractivity contribution in [3.8, 4) is 11.5 Å². The highest BCUT2D eigenvalue weighted by Gasteiger charge is 2.40. The molecular formula is C27H34N2O3. The largest absolute Gasteiger partial charge is 0.488 e. The Bertz CT molecular complexity index is 1140. The van der Waals surface area contributed by atoms with Crippen LogP contribution in [0.15, 0.2) is 36.4 Å². The molecule has 0 unspecified atom stereocenters. The molecule has 5 heteroatoms. The topological polar surface area (TPSA) is 54.6 Å². The van der Waals surface area contributed by atoms with Gasteiger partial charge in [0.15, 0.2) is 17.3 Å². The van der Waals surface area contributed by atoms with Gasteiger partial charge in [0, 0.05) is 34.1 Å². The van der Waals surface area contributed by atoms with Gasteiger partial charge in [-0.25, -0.2) is 0 Å². The molecule has 1 aliphatic carbocycles. The van der Waals surface area contributed by atoms with E-state index in [1.807, 2.05) is 50.2 Å². The molecule has 0 aliphatic heterocycles. The minimum Gasteiger partial charge on any atom is -0.488 e. The first-order valence-electron chi connectivity index (χ1n) is 11.6. The molecule has 0 saturated carbocycles. The lowest BCUT2D eigenvalue weighted by molar-refractivity contribution is 0.103. The van der Waals surface area contributed by atoms with E-state index in [4.69, 9.17) is 9.47 Å². The van der Waals surface area contributed by atoms with Crippen molar-refractivity contribution in [1.82, 2.24) is 9.88 Å². The summed E-state index contributed by atoms with van der Waals surface area (Å²) in [6.45, 7) is 16.0. The van der Waals surface area contributed by atoms with Gasteiger partial charge in [0.05, 0.1) is 11.7 Å². The van der Waals surface area contributed by atoms with Crippen molar-refractivity contribution in [3.63, 3.8) is 0 Å². The lowest BCUT2D eigenvalue weighted by atomic mass is 9.71. The molecule has 1 aliphatic rings. The van der Waals surface area contributed by atoms with E-state index in [-0.39, 0.29) is 17.3 Å². The summed E-state index contributed by atoms with van der Waals surface area (Å²) in [5.41, 5.74) is 4.01. The van der Waals surface area contributed by atoms with Crippen LogP contribution < -0.4 is 9.47 Å². The van der Waals surface area contributed by atoms with Crippen LogP contribution >= 0.6 is 0 Å². The molecule has 4 rings (SSSR count). The average Bonchev–Trinajstić information content (AvgIpc) is 3.16. The number of nitrogens with zero attached hydrogens (tertiary/aromatic N) is 1. The van der Waals surface area contributed by atoms with Crippen LogP contribution in [0.4, 0.5) is 0 Å². The second-order valence-corrected chi connectivity index (χ2v) is 9.26. The predicted molar refractivity (Wildman–Crippen MR) is 129 cm³/mol. The maximum absolute atomic E-state index is 13.7. The fourth-order valence-corrected chi connectivity index (χ4v) is 4.66. The van der Waals surface area contributed by atoms with Gasteiger partial charge in [0.2, 0.25) is 0 Å². The standard InChI is InChI=1S/C27H34N2O3/c1-7-29(8-2)13-14-31-22-16-20-19(15-23(22)32-17(3)4)25(30)24-18-11-9-10-12-21(18)28-26(24)27(20,5)6/h9-12,15-17,28H,7-8,13-14H2,1-6H3. The number of carbonyl (C=O) groups excluding carboxylic acids is 1. The van der Waals surface area contributed by atoms with E-state index in [0.717, 1.165) is 47.4 Å². The van der Waals surface area contributed by atoms with E-state index in [0.29, 0.717) is 23.7 Å². The molecule has 2 aromatic carbocycles. The minimum absolute atomic E-state index is 0.0199. The Morgan fingerprint density at radius 3 is 2.47 bits per heavy atom. The summed E-state index contributed by atoms with van der Waals surface area (Å²) in [6, 6.07) is 11.9. The highest BCUT2D eigenvalue weighted by Crippen LogP contribution is 2.47. The summed E-state index contributed by atoms with van der Waals surface area (Å²) in [5, 5.41) is 0.970. The number of carbonyl (C=O) groups is 1. The molecule has 0 atom stereocenters. The van der Waals surface area contributed by atoms with Crippen LogP contribution in [0.2, 0.25) is 0 Å². The van der Waals surface area contributed by atoms with Crippen LogP contribution in [0, 0.1) is 0 Å². The van der Waals surface area contributed by atoms with E-state index < -0.39 is 0 Å². The van der Waals surface area contributed by atoms with Crippen molar-refractivity contribution < 1.29 is 14.3 Å². The van der Waals surface area contributed by atoms with Crippen molar-refractivity contribution in [3.05, 3.63) is 58.8 Å². The Hall–Kier alpha value is -2.79. The summed E-state index contributed by atoms with van der Waals surface area (Å²) in [4.78, 5) is 19.5. The molecule has 5 nitrogen and oxygen atoms in total. The lowest BCUT2D eigenvalue weighted by Crippen LogP contribution is -2.31. The van der Waals surface area contributed by atoms with E-state index in [1.54, 1.807) is 0 Å². The van der Waals surface area contributed by atoms with Crippen molar-refractivity contribution in [2.24, 2.45) is 0 Å². The van der Waals surface area contributed by atoms with Gasteiger partial charge in [-0.2, -0.15) is 0 Å². The van der Waals surface area contributed by atoms with Gasteiger partial charge < -0.3 is 19.4 Å². The number of fused-ring (bicyclic) bond motifs is 4. The number of likely N-dealkylation sites (N-methyl/N-ethyl adjacent to an activating group) is 1. The van der Waals surface area contributed by atoms with Crippen molar-refractivity contribution >= 4 is 16.7 Å². The Morgan fingerprint density at radius 2 is 1.78 bits per heavy atom. The third kappa shape index (κ3) is 3.79. The fraction of sp³-hybridized carbons (Fsp3) is 0.444. The summed E-state index contributed by atoms with van der Waals surface area (Å²) in [7, 11) is 0. The first kappa shape index (κ1) is 22.4. The quantitative estimate of drug-likeness (QED) is 0.505. The van der Waals surface area contributed by atoms with Crippen molar-refractivity contribution in [2.75, 3.05) is 26.2 Å². The van der Waals surface area contributed by atoms with E-state index in [9.17, 15) is 4.79 Å². The Morgan fingerprint density at radius 1 is 1.06 bits per heavy atom. The average molecular weight is 435 g/mol. The first-order chi connectivity index (χ1) is 15.3. The zero-order valence-electron chi connectivity index (χ0n) is 20.0. The molecule has 1 heterocycles. The Balaban J connectivity index is 1.79. The second-order valence-electron chi connectivity index (χ2n) is 9.26. The molecule has 1 aromatic heterocycles. The highest BCUT2D eigenvalue weighted by atomic mass is 16.5. The number of benzene rings is 2. The SMILES string of the molecule is CCN(CC)CCOc1cc2c(cc1OC(C)C)C(=O)c1c([nH]c3ccccc13)C2(C)C. The number of aromatic nitrogens is 1. The van der Waals surface area contributed by atoms with Crippen LogP contribution in [0.3, 0.4) is 0 Å². The number of ketones is 1. The maximum Gasteiger partial charge on any atom is 0.195 e. The molecule has 1 N–H and O–H groups in total. The Labute approximate surface area is 190 Å². The van der Waals surface area contributed by atoms with Gasteiger partial charge in [-0.15, -0.1) is 0 Å². The molecule has 170 valence electrons. The number of aromatic amines is 1. The van der Waals surface area contributed by atoms with Gasteiger partial charge >= 0.3 is 0 Å². The molecule has 0 fully saturated rings. The van der Waals surface area contributed by atoms with Crippen LogP contribution in [0.25, 0.3) is 10.9 Å². The maximum atomic E-state index is 13.7. The zero-order valence-corrected chi connectivity index (χ0v) is 20.0. The monoisotopic (exact) mass is 434 g/mol.